The number of nitrogens with zero attached hydrogens (tertiary/aromatic N) is 4. The van der Waals surface area contributed by atoms with E-state index in [-0.39, 0.29) is 5.56 Å². The van der Waals surface area contributed by atoms with E-state index in [1.807, 2.05) is 6.92 Å². The molecular formula is C18H17N5O2. The summed E-state index contributed by atoms with van der Waals surface area (Å²) in [7, 11) is 0. The number of aryl methyl sites for hydroxylation is 2. The van der Waals surface area contributed by atoms with Gasteiger partial charge in [0.25, 0.3) is 11.5 Å². The van der Waals surface area contributed by atoms with E-state index in [0.717, 1.165) is 24.1 Å². The number of hydrogen-bond acceptors (Lipinski definition) is 5. The molecule has 1 N–H and O–H groups in total. The van der Waals surface area contributed by atoms with Crippen LogP contribution in [-0.4, -0.2) is 25.3 Å². The Kier molecular flexibility index (Phi) is 3.56. The van der Waals surface area contributed by atoms with E-state index < -0.39 is 11.5 Å². The minimum atomic E-state index is -0.521. The molecule has 1 saturated carbocycles. The van der Waals surface area contributed by atoms with E-state index in [9.17, 15) is 9.59 Å². The molecule has 1 aliphatic rings. The van der Waals surface area contributed by atoms with Crippen molar-refractivity contribution in [3.05, 3.63) is 63.6 Å². The van der Waals surface area contributed by atoms with Gasteiger partial charge in [-0.25, -0.2) is 15.0 Å². The first-order valence-corrected chi connectivity index (χ1v) is 8.16. The van der Waals surface area contributed by atoms with Crippen molar-refractivity contribution in [1.82, 2.24) is 19.4 Å². The predicted molar refractivity (Wildman–Crippen MR) is 92.9 cm³/mol. The lowest BCUT2D eigenvalue weighted by Gasteiger charge is -2.08. The minimum absolute atomic E-state index is 0.0226. The maximum Gasteiger partial charge on any atom is 0.270 e. The smallest absolute Gasteiger partial charge is 0.270 e. The molecule has 1 amide bonds. The quantitative estimate of drug-likeness (QED) is 0.793. The standard InChI is InChI=1S/C18H17N5O2/c1-10-5-6-23-16(7-10)19-9-13(18(23)25)17(24)22-15-8-14(12-3-4-12)20-11(2)21-15/h5-9,12H,3-4H2,1-2H3,(H,20,21,22,24). The number of carbonyl (C=O) groups excluding carboxylic acids is 1. The van der Waals surface area contributed by atoms with Crippen molar-refractivity contribution in [2.45, 2.75) is 32.6 Å². The number of amides is 1. The maximum atomic E-state index is 12.6. The third kappa shape index (κ3) is 3.00. The summed E-state index contributed by atoms with van der Waals surface area (Å²) in [6, 6.07) is 5.37. The lowest BCUT2D eigenvalue weighted by atomic mass is 10.2. The van der Waals surface area contributed by atoms with Crippen LogP contribution in [0.4, 0.5) is 5.82 Å². The molecule has 0 saturated heterocycles. The zero-order chi connectivity index (χ0) is 17.6. The number of aromatic nitrogens is 4. The van der Waals surface area contributed by atoms with Gasteiger partial charge in [-0.05, 0) is 44.4 Å². The first-order valence-electron chi connectivity index (χ1n) is 8.16. The van der Waals surface area contributed by atoms with Crippen LogP contribution in [0.25, 0.3) is 5.65 Å². The van der Waals surface area contributed by atoms with Crippen LogP contribution >= 0.6 is 0 Å². The molecule has 1 aliphatic carbocycles. The Morgan fingerprint density at radius 2 is 2.04 bits per heavy atom. The normalized spacial score (nSPS) is 13.8. The molecule has 0 unspecified atom stereocenters. The van der Waals surface area contributed by atoms with Crippen molar-refractivity contribution >= 4 is 17.4 Å². The number of pyridine rings is 1. The van der Waals surface area contributed by atoms with Gasteiger partial charge in [0.05, 0.1) is 0 Å². The Morgan fingerprint density at radius 1 is 1.24 bits per heavy atom. The molecule has 3 aromatic rings. The molecule has 1 fully saturated rings. The summed E-state index contributed by atoms with van der Waals surface area (Å²) in [6.45, 7) is 3.71. The highest BCUT2D eigenvalue weighted by atomic mass is 16.2. The van der Waals surface area contributed by atoms with Crippen LogP contribution in [0.1, 0.15) is 46.2 Å². The molecule has 4 rings (SSSR count). The largest absolute Gasteiger partial charge is 0.306 e. The van der Waals surface area contributed by atoms with E-state index in [0.29, 0.717) is 23.2 Å². The lowest BCUT2D eigenvalue weighted by molar-refractivity contribution is 0.102. The molecule has 0 atom stereocenters. The average molecular weight is 335 g/mol. The molecule has 25 heavy (non-hydrogen) atoms. The van der Waals surface area contributed by atoms with Crippen molar-refractivity contribution in [3.8, 4) is 0 Å². The second-order valence-corrected chi connectivity index (χ2v) is 6.36. The van der Waals surface area contributed by atoms with Gasteiger partial charge in [0.2, 0.25) is 0 Å². The molecule has 0 radical (unpaired) electrons. The third-order valence-corrected chi connectivity index (χ3v) is 4.20. The minimum Gasteiger partial charge on any atom is -0.306 e. The van der Waals surface area contributed by atoms with E-state index >= 15 is 0 Å². The van der Waals surface area contributed by atoms with E-state index in [1.54, 1.807) is 31.3 Å². The van der Waals surface area contributed by atoms with Crippen LogP contribution in [0.2, 0.25) is 0 Å². The van der Waals surface area contributed by atoms with Gasteiger partial charge in [-0.3, -0.25) is 14.0 Å². The topological polar surface area (TPSA) is 89.2 Å². The molecule has 3 aromatic heterocycles. The van der Waals surface area contributed by atoms with Gasteiger partial charge in [-0.1, -0.05) is 0 Å². The van der Waals surface area contributed by atoms with Crippen molar-refractivity contribution in [1.29, 1.82) is 0 Å². The number of anilines is 1. The zero-order valence-electron chi connectivity index (χ0n) is 14.0. The maximum absolute atomic E-state index is 12.6. The van der Waals surface area contributed by atoms with E-state index in [4.69, 9.17) is 0 Å². The number of nitrogens with one attached hydrogen (secondary N) is 1. The molecule has 0 aliphatic heterocycles. The highest BCUT2D eigenvalue weighted by Crippen LogP contribution is 2.39. The highest BCUT2D eigenvalue weighted by molar-refractivity contribution is 6.03. The summed E-state index contributed by atoms with van der Waals surface area (Å²) in [5.74, 6) is 0.942. The van der Waals surface area contributed by atoms with Gasteiger partial charge < -0.3 is 5.32 Å². The number of rotatable bonds is 3. The van der Waals surface area contributed by atoms with Crippen LogP contribution < -0.4 is 10.9 Å². The first-order chi connectivity index (χ1) is 12.0. The monoisotopic (exact) mass is 335 g/mol. The van der Waals surface area contributed by atoms with Gasteiger partial charge in [-0.15, -0.1) is 0 Å². The molecule has 7 heteroatoms. The van der Waals surface area contributed by atoms with Gasteiger partial charge >= 0.3 is 0 Å². The fraction of sp³-hybridized carbons (Fsp3) is 0.278. The van der Waals surface area contributed by atoms with Crippen LogP contribution in [0.5, 0.6) is 0 Å². The molecular weight excluding hydrogens is 318 g/mol. The first kappa shape index (κ1) is 15.4. The highest BCUT2D eigenvalue weighted by Gasteiger charge is 2.26. The van der Waals surface area contributed by atoms with E-state index in [2.05, 4.69) is 20.3 Å². The molecule has 3 heterocycles. The summed E-state index contributed by atoms with van der Waals surface area (Å²) in [4.78, 5) is 37.9. The van der Waals surface area contributed by atoms with Crippen molar-refractivity contribution in [2.75, 3.05) is 5.32 Å². The van der Waals surface area contributed by atoms with Gasteiger partial charge in [-0.2, -0.15) is 0 Å². The summed E-state index contributed by atoms with van der Waals surface area (Å²) < 4.78 is 1.36. The van der Waals surface area contributed by atoms with Crippen LogP contribution in [0, 0.1) is 13.8 Å². The Bertz CT molecular complexity index is 1050. The average Bonchev–Trinajstić information content (AvgIpc) is 3.39. The fourth-order valence-electron chi connectivity index (χ4n) is 2.76. The Balaban J connectivity index is 1.67. The summed E-state index contributed by atoms with van der Waals surface area (Å²) >= 11 is 0. The fourth-order valence-corrected chi connectivity index (χ4v) is 2.76. The second kappa shape index (κ2) is 5.77. The summed E-state index contributed by atoms with van der Waals surface area (Å²) in [5.41, 5.74) is 2.01. The second-order valence-electron chi connectivity index (χ2n) is 6.36. The van der Waals surface area contributed by atoms with Gasteiger partial charge in [0.15, 0.2) is 0 Å². The van der Waals surface area contributed by atoms with E-state index in [1.165, 1.54) is 10.6 Å². The van der Waals surface area contributed by atoms with Crippen LogP contribution in [-0.2, 0) is 0 Å². The number of carbonyl (C=O) groups is 1. The van der Waals surface area contributed by atoms with Crippen LogP contribution in [0.15, 0.2) is 35.4 Å². The molecule has 0 bridgehead atoms. The van der Waals surface area contributed by atoms with Crippen molar-refractivity contribution < 1.29 is 4.79 Å². The Labute approximate surface area is 143 Å². The molecule has 126 valence electrons. The number of hydrogen-bond donors (Lipinski definition) is 1. The van der Waals surface area contributed by atoms with Crippen LogP contribution in [0.3, 0.4) is 0 Å². The number of fused-ring (bicyclic) bond motifs is 1. The van der Waals surface area contributed by atoms with Crippen molar-refractivity contribution in [3.63, 3.8) is 0 Å². The summed E-state index contributed by atoms with van der Waals surface area (Å²) in [5, 5.41) is 2.70. The molecule has 7 nitrogen and oxygen atoms in total. The summed E-state index contributed by atoms with van der Waals surface area (Å²) in [6.07, 6.45) is 5.15. The SMILES string of the molecule is Cc1ccn2c(=O)c(C(=O)Nc3cc(C4CC4)nc(C)n3)cnc2c1. The molecule has 0 spiro atoms. The third-order valence-electron chi connectivity index (χ3n) is 4.20. The Hall–Kier alpha value is -3.09. The Morgan fingerprint density at radius 3 is 2.80 bits per heavy atom. The lowest BCUT2D eigenvalue weighted by Crippen LogP contribution is -2.27. The van der Waals surface area contributed by atoms with Gasteiger partial charge in [0, 0.05) is 30.1 Å². The predicted octanol–water partition coefficient (Wildman–Crippen LogP) is 2.23. The zero-order valence-corrected chi connectivity index (χ0v) is 14.0. The molecule has 0 aromatic carbocycles. The van der Waals surface area contributed by atoms with Crippen molar-refractivity contribution in [2.24, 2.45) is 0 Å². The van der Waals surface area contributed by atoms with Gasteiger partial charge in [0.1, 0.15) is 22.9 Å².